The van der Waals surface area contributed by atoms with Crippen LogP contribution in [-0.2, 0) is 14.3 Å². The molecule has 0 radical (unpaired) electrons. The number of hydrogen-bond donors (Lipinski definition) is 1. The first-order chi connectivity index (χ1) is 12.7. The molecule has 1 aliphatic heterocycles. The fourth-order valence-corrected chi connectivity index (χ4v) is 3.38. The Hall–Kier alpha value is -1.79. The van der Waals surface area contributed by atoms with Gasteiger partial charge < -0.3 is 15.0 Å². The van der Waals surface area contributed by atoms with E-state index in [4.69, 9.17) is 27.9 Å². The van der Waals surface area contributed by atoms with Crippen LogP contribution in [0.15, 0.2) is 18.2 Å². The highest BCUT2D eigenvalue weighted by Crippen LogP contribution is 2.21. The molecule has 2 rings (SSSR count). The van der Waals surface area contributed by atoms with Gasteiger partial charge >= 0.3 is 5.97 Å². The van der Waals surface area contributed by atoms with Crippen molar-refractivity contribution in [2.24, 2.45) is 5.92 Å². The largest absolute Gasteiger partial charge is 0.451 e. The number of esters is 1. The highest BCUT2D eigenvalue weighted by molar-refractivity contribution is 6.36. The average molecular weight is 415 g/mol. The molecule has 0 unspecified atom stereocenters. The molecule has 148 valence electrons. The molecule has 2 atom stereocenters. The number of ether oxygens (including phenoxy) is 1. The minimum atomic E-state index is -0.905. The second kappa shape index (κ2) is 9.42. The van der Waals surface area contributed by atoms with E-state index in [9.17, 15) is 14.4 Å². The number of halogens is 2. The van der Waals surface area contributed by atoms with Crippen LogP contribution >= 0.6 is 23.2 Å². The molecule has 0 saturated carbocycles. The molecule has 8 heteroatoms. The van der Waals surface area contributed by atoms with E-state index in [1.807, 2.05) is 0 Å². The number of carbonyl (C=O) groups is 3. The van der Waals surface area contributed by atoms with Crippen LogP contribution in [0.25, 0.3) is 0 Å². The number of rotatable bonds is 6. The second-order valence-corrected chi connectivity index (χ2v) is 7.77. The standard InChI is InChI=1S/C19H24Cl2N2O4/c1-11(2)16(22-17(24)14-7-6-13(20)10-15(14)21)19(26)27-12(3)18(25)23-8-4-5-9-23/h6-7,10-12,16H,4-5,8-9H2,1-3H3,(H,22,24)/t12-,16-/m0/s1. The van der Waals surface area contributed by atoms with Crippen molar-refractivity contribution in [3.63, 3.8) is 0 Å². The molecule has 1 saturated heterocycles. The van der Waals surface area contributed by atoms with Crippen LogP contribution in [0.4, 0.5) is 0 Å². The third kappa shape index (κ3) is 5.59. The minimum Gasteiger partial charge on any atom is -0.451 e. The molecular formula is C19H24Cl2N2O4. The molecule has 0 spiro atoms. The Morgan fingerprint density at radius 2 is 1.74 bits per heavy atom. The number of hydrogen-bond acceptors (Lipinski definition) is 4. The summed E-state index contributed by atoms with van der Waals surface area (Å²) < 4.78 is 5.34. The smallest absolute Gasteiger partial charge is 0.329 e. The molecule has 0 bridgehead atoms. The van der Waals surface area contributed by atoms with E-state index in [1.165, 1.54) is 12.1 Å². The molecule has 1 N–H and O–H groups in total. The number of amides is 2. The van der Waals surface area contributed by atoms with Gasteiger partial charge in [-0.05, 0) is 43.9 Å². The van der Waals surface area contributed by atoms with Gasteiger partial charge in [0, 0.05) is 18.1 Å². The quantitative estimate of drug-likeness (QED) is 0.724. The Kier molecular flexibility index (Phi) is 7.50. The summed E-state index contributed by atoms with van der Waals surface area (Å²) in [6.45, 7) is 6.47. The minimum absolute atomic E-state index is 0.188. The summed E-state index contributed by atoms with van der Waals surface area (Å²) in [5, 5.41) is 3.24. The van der Waals surface area contributed by atoms with E-state index < -0.39 is 24.0 Å². The summed E-state index contributed by atoms with van der Waals surface area (Å²) in [7, 11) is 0. The first kappa shape index (κ1) is 21.5. The van der Waals surface area contributed by atoms with Crippen LogP contribution in [-0.4, -0.2) is 47.9 Å². The van der Waals surface area contributed by atoms with Gasteiger partial charge in [0.25, 0.3) is 11.8 Å². The van der Waals surface area contributed by atoms with Crippen molar-refractivity contribution in [1.82, 2.24) is 10.2 Å². The highest BCUT2D eigenvalue weighted by Gasteiger charge is 2.31. The van der Waals surface area contributed by atoms with Crippen molar-refractivity contribution in [3.8, 4) is 0 Å². The van der Waals surface area contributed by atoms with Crippen LogP contribution in [0.5, 0.6) is 0 Å². The Bertz CT molecular complexity index is 718. The van der Waals surface area contributed by atoms with Crippen molar-refractivity contribution >= 4 is 41.0 Å². The zero-order chi connectivity index (χ0) is 20.1. The molecule has 0 aromatic heterocycles. The molecule has 6 nitrogen and oxygen atoms in total. The van der Waals surface area contributed by atoms with E-state index in [-0.39, 0.29) is 22.4 Å². The molecule has 0 aliphatic carbocycles. The summed E-state index contributed by atoms with van der Waals surface area (Å²) in [6.07, 6.45) is 1.02. The Labute approximate surface area is 169 Å². The Balaban J connectivity index is 2.03. The summed E-state index contributed by atoms with van der Waals surface area (Å²) in [5.41, 5.74) is 0.209. The van der Waals surface area contributed by atoms with Crippen LogP contribution in [0.3, 0.4) is 0 Å². The summed E-state index contributed by atoms with van der Waals surface area (Å²) >= 11 is 11.9. The highest BCUT2D eigenvalue weighted by atomic mass is 35.5. The molecule has 1 aliphatic rings. The topological polar surface area (TPSA) is 75.7 Å². The van der Waals surface area contributed by atoms with Gasteiger partial charge in [-0.15, -0.1) is 0 Å². The molecule has 1 aromatic rings. The third-order valence-electron chi connectivity index (χ3n) is 4.44. The lowest BCUT2D eigenvalue weighted by molar-refractivity contribution is -0.161. The van der Waals surface area contributed by atoms with Gasteiger partial charge in [-0.2, -0.15) is 0 Å². The SMILES string of the molecule is CC(C)[C@H](NC(=O)c1ccc(Cl)cc1Cl)C(=O)O[C@@H](C)C(=O)N1CCCC1. The Morgan fingerprint density at radius 3 is 2.30 bits per heavy atom. The van der Waals surface area contributed by atoms with Crippen molar-refractivity contribution in [1.29, 1.82) is 0 Å². The summed E-state index contributed by atoms with van der Waals surface area (Å²) in [6, 6.07) is 3.58. The van der Waals surface area contributed by atoms with Gasteiger partial charge in [-0.1, -0.05) is 37.0 Å². The lowest BCUT2D eigenvalue weighted by atomic mass is 10.0. The van der Waals surface area contributed by atoms with Crippen LogP contribution in [0.1, 0.15) is 44.0 Å². The summed E-state index contributed by atoms with van der Waals surface area (Å²) in [4.78, 5) is 39.1. The number of nitrogens with one attached hydrogen (secondary N) is 1. The summed E-state index contributed by atoms with van der Waals surface area (Å²) in [5.74, 6) is -1.61. The molecule has 1 fully saturated rings. The van der Waals surface area contributed by atoms with Crippen LogP contribution in [0.2, 0.25) is 10.0 Å². The van der Waals surface area contributed by atoms with E-state index in [1.54, 1.807) is 31.7 Å². The van der Waals surface area contributed by atoms with Crippen LogP contribution in [0, 0.1) is 5.92 Å². The first-order valence-corrected chi connectivity index (χ1v) is 9.71. The van der Waals surface area contributed by atoms with E-state index in [0.717, 1.165) is 12.8 Å². The zero-order valence-corrected chi connectivity index (χ0v) is 17.1. The molecule has 27 heavy (non-hydrogen) atoms. The van der Waals surface area contributed by atoms with Gasteiger partial charge in [0.1, 0.15) is 6.04 Å². The van der Waals surface area contributed by atoms with Crippen molar-refractivity contribution in [2.45, 2.75) is 45.8 Å². The maximum absolute atomic E-state index is 12.6. The maximum Gasteiger partial charge on any atom is 0.329 e. The first-order valence-electron chi connectivity index (χ1n) is 8.96. The van der Waals surface area contributed by atoms with Crippen molar-refractivity contribution in [3.05, 3.63) is 33.8 Å². The molecular weight excluding hydrogens is 391 g/mol. The fourth-order valence-electron chi connectivity index (χ4n) is 2.88. The molecule has 2 amide bonds. The lowest BCUT2D eigenvalue weighted by Crippen LogP contribution is -2.48. The predicted molar refractivity (Wildman–Crippen MR) is 104 cm³/mol. The fraction of sp³-hybridized carbons (Fsp3) is 0.526. The number of likely N-dealkylation sites (tertiary alicyclic amines) is 1. The average Bonchev–Trinajstić information content (AvgIpc) is 3.12. The zero-order valence-electron chi connectivity index (χ0n) is 15.6. The van der Waals surface area contributed by atoms with Gasteiger partial charge in [-0.25, -0.2) is 4.79 Å². The van der Waals surface area contributed by atoms with Crippen molar-refractivity contribution < 1.29 is 19.1 Å². The lowest BCUT2D eigenvalue weighted by Gasteiger charge is -2.25. The van der Waals surface area contributed by atoms with Gasteiger partial charge in [0.05, 0.1) is 10.6 Å². The van der Waals surface area contributed by atoms with Crippen molar-refractivity contribution in [2.75, 3.05) is 13.1 Å². The Morgan fingerprint density at radius 1 is 1.11 bits per heavy atom. The van der Waals surface area contributed by atoms with E-state index in [2.05, 4.69) is 5.32 Å². The van der Waals surface area contributed by atoms with Gasteiger partial charge in [0.2, 0.25) is 0 Å². The van der Waals surface area contributed by atoms with E-state index in [0.29, 0.717) is 18.1 Å². The number of nitrogens with zero attached hydrogens (tertiary/aromatic N) is 1. The monoisotopic (exact) mass is 414 g/mol. The maximum atomic E-state index is 12.6. The van der Waals surface area contributed by atoms with Gasteiger partial charge in [-0.3, -0.25) is 9.59 Å². The molecule has 1 heterocycles. The van der Waals surface area contributed by atoms with Gasteiger partial charge in [0.15, 0.2) is 6.10 Å². The number of carbonyl (C=O) groups excluding carboxylic acids is 3. The van der Waals surface area contributed by atoms with E-state index >= 15 is 0 Å². The predicted octanol–water partition coefficient (Wildman–Crippen LogP) is 3.30. The normalized spacial score (nSPS) is 16.1. The van der Waals surface area contributed by atoms with Crippen LogP contribution < -0.4 is 5.32 Å². The molecule has 1 aromatic carbocycles. The second-order valence-electron chi connectivity index (χ2n) is 6.93. The third-order valence-corrected chi connectivity index (χ3v) is 4.99. The number of benzene rings is 1.